The molecule has 3 nitrogen and oxygen atoms in total. The van der Waals surface area contributed by atoms with E-state index >= 15 is 0 Å². The lowest BCUT2D eigenvalue weighted by Gasteiger charge is -2.16. The van der Waals surface area contributed by atoms with Crippen LogP contribution in [-0.2, 0) is 6.61 Å². The standard InChI is InChI=1S/C28H20O3/c29-28(30)22-14-12-19(13-15-22)18-31-26-17-16-21-7-2-4-10-24(21)27(26)25-11-5-8-20-6-1-3-9-23(20)25/h1-17H,18H2,(H,29,30). The van der Waals surface area contributed by atoms with Gasteiger partial charge in [-0.05, 0) is 50.9 Å². The fraction of sp³-hybridized carbons (Fsp3) is 0.0357. The summed E-state index contributed by atoms with van der Waals surface area (Å²) in [5.41, 5.74) is 3.39. The monoisotopic (exact) mass is 404 g/mol. The predicted molar refractivity (Wildman–Crippen MR) is 125 cm³/mol. The van der Waals surface area contributed by atoms with Crippen molar-refractivity contribution >= 4 is 27.5 Å². The molecule has 150 valence electrons. The Bertz CT molecular complexity index is 1400. The number of ether oxygens (including phenoxy) is 1. The van der Waals surface area contributed by atoms with Gasteiger partial charge in [-0.15, -0.1) is 0 Å². The molecule has 3 heteroatoms. The highest BCUT2D eigenvalue weighted by Gasteiger charge is 2.14. The molecule has 1 N–H and O–H groups in total. The molecule has 0 aliphatic heterocycles. The molecule has 0 aliphatic carbocycles. The van der Waals surface area contributed by atoms with Gasteiger partial charge in [0.2, 0.25) is 0 Å². The van der Waals surface area contributed by atoms with E-state index in [1.54, 1.807) is 24.3 Å². The summed E-state index contributed by atoms with van der Waals surface area (Å²) in [4.78, 5) is 11.1. The van der Waals surface area contributed by atoms with Crippen molar-refractivity contribution in [1.29, 1.82) is 0 Å². The van der Waals surface area contributed by atoms with Gasteiger partial charge in [-0.1, -0.05) is 84.9 Å². The number of fused-ring (bicyclic) bond motifs is 2. The van der Waals surface area contributed by atoms with Crippen molar-refractivity contribution in [2.24, 2.45) is 0 Å². The van der Waals surface area contributed by atoms with E-state index in [-0.39, 0.29) is 5.56 Å². The fourth-order valence-electron chi connectivity index (χ4n) is 4.00. The molecule has 31 heavy (non-hydrogen) atoms. The molecule has 0 saturated carbocycles. The molecule has 5 aromatic carbocycles. The van der Waals surface area contributed by atoms with E-state index in [1.165, 1.54) is 10.8 Å². The highest BCUT2D eigenvalue weighted by atomic mass is 16.5. The Morgan fingerprint density at radius 2 is 1.32 bits per heavy atom. The molecule has 0 atom stereocenters. The molecule has 0 heterocycles. The molecule has 0 aliphatic rings. The van der Waals surface area contributed by atoms with Crippen LogP contribution in [-0.4, -0.2) is 11.1 Å². The van der Waals surface area contributed by atoms with Crippen molar-refractivity contribution in [3.8, 4) is 16.9 Å². The van der Waals surface area contributed by atoms with Crippen LogP contribution < -0.4 is 4.74 Å². The summed E-state index contributed by atoms with van der Waals surface area (Å²) in [6.45, 7) is 0.357. The van der Waals surface area contributed by atoms with E-state index in [2.05, 4.69) is 54.6 Å². The van der Waals surface area contributed by atoms with Gasteiger partial charge in [0.05, 0.1) is 5.56 Å². The van der Waals surface area contributed by atoms with Crippen molar-refractivity contribution in [2.45, 2.75) is 6.61 Å². The van der Waals surface area contributed by atoms with Crippen LogP contribution in [0.4, 0.5) is 0 Å². The minimum absolute atomic E-state index is 0.269. The Morgan fingerprint density at radius 3 is 2.06 bits per heavy atom. The molecule has 0 fully saturated rings. The van der Waals surface area contributed by atoms with Crippen LogP contribution in [0.5, 0.6) is 5.75 Å². The maximum absolute atomic E-state index is 11.1. The first kappa shape index (κ1) is 18.9. The number of hydrogen-bond acceptors (Lipinski definition) is 2. The zero-order valence-corrected chi connectivity index (χ0v) is 16.8. The van der Waals surface area contributed by atoms with Crippen LogP contribution in [0.25, 0.3) is 32.7 Å². The lowest BCUT2D eigenvalue weighted by molar-refractivity contribution is 0.0697. The predicted octanol–water partition coefficient (Wildman–Crippen LogP) is 6.94. The van der Waals surface area contributed by atoms with Crippen molar-refractivity contribution < 1.29 is 14.6 Å². The van der Waals surface area contributed by atoms with Crippen molar-refractivity contribution in [3.63, 3.8) is 0 Å². The van der Waals surface area contributed by atoms with Gasteiger partial charge in [0, 0.05) is 5.56 Å². The Hall–Kier alpha value is -4.11. The first-order valence-electron chi connectivity index (χ1n) is 10.2. The van der Waals surface area contributed by atoms with E-state index in [0.717, 1.165) is 33.2 Å². The van der Waals surface area contributed by atoms with Crippen molar-refractivity contribution in [1.82, 2.24) is 0 Å². The van der Waals surface area contributed by atoms with Crippen LogP contribution in [0.3, 0.4) is 0 Å². The van der Waals surface area contributed by atoms with Gasteiger partial charge in [-0.3, -0.25) is 0 Å². The molecular weight excluding hydrogens is 384 g/mol. The number of aromatic carboxylic acids is 1. The lowest BCUT2D eigenvalue weighted by atomic mass is 9.93. The molecule has 5 aromatic rings. The Balaban J connectivity index is 1.61. The number of carbonyl (C=O) groups is 1. The topological polar surface area (TPSA) is 46.5 Å². The smallest absolute Gasteiger partial charge is 0.335 e. The summed E-state index contributed by atoms with van der Waals surface area (Å²) in [5.74, 6) is -0.127. The SMILES string of the molecule is O=C(O)c1ccc(COc2ccc3ccccc3c2-c2cccc3ccccc23)cc1. The second-order valence-electron chi connectivity index (χ2n) is 7.48. The molecule has 5 rings (SSSR count). The quantitative estimate of drug-likeness (QED) is 0.345. The third kappa shape index (κ3) is 3.62. The van der Waals surface area contributed by atoms with Crippen LogP contribution in [0.15, 0.2) is 103 Å². The van der Waals surface area contributed by atoms with Gasteiger partial charge in [0.15, 0.2) is 0 Å². The minimum Gasteiger partial charge on any atom is -0.488 e. The largest absolute Gasteiger partial charge is 0.488 e. The Labute approximate surface area is 180 Å². The Kier molecular flexibility index (Phi) is 4.85. The normalized spacial score (nSPS) is 11.0. The van der Waals surface area contributed by atoms with Crippen LogP contribution in [0, 0.1) is 0 Å². The van der Waals surface area contributed by atoms with E-state index in [9.17, 15) is 4.79 Å². The average Bonchev–Trinajstić information content (AvgIpc) is 2.82. The van der Waals surface area contributed by atoms with E-state index < -0.39 is 5.97 Å². The van der Waals surface area contributed by atoms with E-state index in [0.29, 0.717) is 6.61 Å². The summed E-state index contributed by atoms with van der Waals surface area (Å²) >= 11 is 0. The lowest BCUT2D eigenvalue weighted by Crippen LogP contribution is -2.00. The number of hydrogen-bond donors (Lipinski definition) is 1. The van der Waals surface area contributed by atoms with Gasteiger partial charge in [-0.25, -0.2) is 4.79 Å². The van der Waals surface area contributed by atoms with Crippen molar-refractivity contribution in [3.05, 3.63) is 114 Å². The summed E-state index contributed by atoms with van der Waals surface area (Å²) in [5, 5.41) is 13.8. The summed E-state index contributed by atoms with van der Waals surface area (Å²) < 4.78 is 6.29. The number of carboxylic acids is 1. The summed E-state index contributed by atoms with van der Waals surface area (Å²) in [7, 11) is 0. The second-order valence-corrected chi connectivity index (χ2v) is 7.48. The van der Waals surface area contributed by atoms with Gasteiger partial charge < -0.3 is 9.84 Å². The third-order valence-corrected chi connectivity index (χ3v) is 5.54. The molecular formula is C28H20O3. The first-order valence-corrected chi connectivity index (χ1v) is 10.2. The molecule has 0 amide bonds. The van der Waals surface area contributed by atoms with E-state index in [1.807, 2.05) is 24.3 Å². The highest BCUT2D eigenvalue weighted by Crippen LogP contribution is 2.40. The average molecular weight is 404 g/mol. The van der Waals surface area contributed by atoms with Gasteiger partial charge in [0.25, 0.3) is 0 Å². The Morgan fingerprint density at radius 1 is 0.677 bits per heavy atom. The second kappa shape index (κ2) is 7.96. The first-order chi connectivity index (χ1) is 15.2. The molecule has 0 bridgehead atoms. The maximum Gasteiger partial charge on any atom is 0.335 e. The maximum atomic E-state index is 11.1. The van der Waals surface area contributed by atoms with Crippen LogP contribution >= 0.6 is 0 Å². The molecule has 0 saturated heterocycles. The van der Waals surface area contributed by atoms with Gasteiger partial charge >= 0.3 is 5.97 Å². The van der Waals surface area contributed by atoms with Crippen LogP contribution in [0.2, 0.25) is 0 Å². The third-order valence-electron chi connectivity index (χ3n) is 5.54. The fourth-order valence-corrected chi connectivity index (χ4v) is 4.00. The van der Waals surface area contributed by atoms with Gasteiger partial charge in [0.1, 0.15) is 12.4 Å². The molecule has 0 unspecified atom stereocenters. The van der Waals surface area contributed by atoms with Crippen LogP contribution in [0.1, 0.15) is 15.9 Å². The number of rotatable bonds is 5. The molecule has 0 spiro atoms. The van der Waals surface area contributed by atoms with E-state index in [4.69, 9.17) is 9.84 Å². The van der Waals surface area contributed by atoms with Crippen molar-refractivity contribution in [2.75, 3.05) is 0 Å². The summed E-state index contributed by atoms with van der Waals surface area (Å²) in [6.07, 6.45) is 0. The number of benzene rings is 5. The summed E-state index contributed by atoms with van der Waals surface area (Å²) in [6, 6.07) is 33.9. The highest BCUT2D eigenvalue weighted by molar-refractivity contribution is 6.07. The molecule has 0 aromatic heterocycles. The zero-order valence-electron chi connectivity index (χ0n) is 16.8. The van der Waals surface area contributed by atoms with Gasteiger partial charge in [-0.2, -0.15) is 0 Å². The zero-order chi connectivity index (χ0) is 21.2. The number of carboxylic acid groups (broad SMARTS) is 1. The molecule has 0 radical (unpaired) electrons. The minimum atomic E-state index is -0.930.